The smallest absolute Gasteiger partial charge is 0.262 e. The largest absolute Gasteiger partial charge is 0.506 e. The van der Waals surface area contributed by atoms with Gasteiger partial charge in [-0.05, 0) is 41.7 Å². The number of nitrogens with one attached hydrogen (secondary N) is 1. The highest BCUT2D eigenvalue weighted by atomic mass is 32.2. The number of hydrogen-bond acceptors (Lipinski definition) is 3. The molecule has 2 rings (SSSR count). The van der Waals surface area contributed by atoms with Gasteiger partial charge in [-0.1, -0.05) is 45.0 Å². The first-order valence-corrected chi connectivity index (χ1v) is 8.66. The SMILES string of the molecule is CCC(C)(C)c1ccc(S(=O)(=O)Nc2ccccc2O)cc1. The number of sulfonamides is 1. The predicted molar refractivity (Wildman–Crippen MR) is 88.7 cm³/mol. The number of benzene rings is 2. The summed E-state index contributed by atoms with van der Waals surface area (Å²) in [5, 5.41) is 9.68. The minimum Gasteiger partial charge on any atom is -0.506 e. The van der Waals surface area contributed by atoms with Gasteiger partial charge in [-0.15, -0.1) is 0 Å². The molecule has 0 radical (unpaired) electrons. The summed E-state index contributed by atoms with van der Waals surface area (Å²) in [6, 6.07) is 13.1. The van der Waals surface area contributed by atoms with E-state index in [0.717, 1.165) is 12.0 Å². The Kier molecular flexibility index (Phi) is 4.47. The van der Waals surface area contributed by atoms with E-state index in [-0.39, 0.29) is 21.7 Å². The standard InChI is InChI=1S/C17H21NO3S/c1-4-17(2,3)13-9-11-14(12-10-13)22(20,21)18-15-7-5-6-8-16(15)19/h5-12,18-19H,4H2,1-3H3. The van der Waals surface area contributed by atoms with E-state index in [9.17, 15) is 13.5 Å². The summed E-state index contributed by atoms with van der Waals surface area (Å²) in [5.41, 5.74) is 1.27. The molecule has 0 bridgehead atoms. The minimum absolute atomic E-state index is 0.00736. The van der Waals surface area contributed by atoms with Gasteiger partial charge in [-0.3, -0.25) is 4.72 Å². The van der Waals surface area contributed by atoms with Crippen molar-refractivity contribution >= 4 is 15.7 Å². The molecule has 0 aliphatic carbocycles. The molecular weight excluding hydrogens is 298 g/mol. The molecule has 0 heterocycles. The van der Waals surface area contributed by atoms with Gasteiger partial charge in [0.15, 0.2) is 0 Å². The average Bonchev–Trinajstić information content (AvgIpc) is 2.49. The predicted octanol–water partition coefficient (Wildman–Crippen LogP) is 3.88. The van der Waals surface area contributed by atoms with Gasteiger partial charge in [-0.25, -0.2) is 8.42 Å². The van der Waals surface area contributed by atoms with E-state index in [1.807, 2.05) is 12.1 Å². The van der Waals surface area contributed by atoms with Gasteiger partial charge in [0, 0.05) is 0 Å². The molecule has 0 saturated carbocycles. The second-order valence-corrected chi connectivity index (χ2v) is 7.57. The molecule has 4 nitrogen and oxygen atoms in total. The highest BCUT2D eigenvalue weighted by Gasteiger charge is 2.20. The first kappa shape index (κ1) is 16.4. The van der Waals surface area contributed by atoms with Crippen LogP contribution in [-0.2, 0) is 15.4 Å². The molecule has 5 heteroatoms. The van der Waals surface area contributed by atoms with Crippen molar-refractivity contribution in [3.63, 3.8) is 0 Å². The van der Waals surface area contributed by atoms with E-state index in [4.69, 9.17) is 0 Å². The molecule has 0 saturated heterocycles. The van der Waals surface area contributed by atoms with E-state index in [1.165, 1.54) is 12.1 Å². The third-order valence-corrected chi connectivity index (χ3v) is 5.36. The number of anilines is 1. The number of para-hydroxylation sites is 2. The molecule has 22 heavy (non-hydrogen) atoms. The van der Waals surface area contributed by atoms with Crippen LogP contribution in [0.25, 0.3) is 0 Å². The van der Waals surface area contributed by atoms with Crippen LogP contribution in [0.1, 0.15) is 32.8 Å². The molecule has 0 unspecified atom stereocenters. The van der Waals surface area contributed by atoms with Crippen molar-refractivity contribution in [2.75, 3.05) is 4.72 Å². The van der Waals surface area contributed by atoms with E-state index >= 15 is 0 Å². The summed E-state index contributed by atoms with van der Waals surface area (Å²) in [7, 11) is -3.71. The first-order valence-electron chi connectivity index (χ1n) is 7.17. The molecule has 0 atom stereocenters. The maximum atomic E-state index is 12.4. The van der Waals surface area contributed by atoms with Crippen LogP contribution in [-0.4, -0.2) is 13.5 Å². The molecule has 0 aliphatic heterocycles. The van der Waals surface area contributed by atoms with Crippen molar-refractivity contribution in [2.45, 2.75) is 37.5 Å². The fourth-order valence-electron chi connectivity index (χ4n) is 2.05. The summed E-state index contributed by atoms with van der Waals surface area (Å²) < 4.78 is 27.1. The van der Waals surface area contributed by atoms with Crippen LogP contribution >= 0.6 is 0 Å². The van der Waals surface area contributed by atoms with Crippen LogP contribution in [0, 0.1) is 0 Å². The lowest BCUT2D eigenvalue weighted by Gasteiger charge is -2.23. The van der Waals surface area contributed by atoms with Crippen LogP contribution < -0.4 is 4.72 Å². The van der Waals surface area contributed by atoms with Crippen LogP contribution in [0.15, 0.2) is 53.4 Å². The summed E-state index contributed by atoms with van der Waals surface area (Å²) in [5.74, 6) is -0.102. The summed E-state index contributed by atoms with van der Waals surface area (Å²) >= 11 is 0. The molecule has 0 amide bonds. The minimum atomic E-state index is -3.71. The third kappa shape index (κ3) is 3.42. The van der Waals surface area contributed by atoms with E-state index < -0.39 is 10.0 Å². The molecule has 0 aromatic heterocycles. The van der Waals surface area contributed by atoms with Crippen LogP contribution in [0.2, 0.25) is 0 Å². The number of rotatable bonds is 5. The van der Waals surface area contributed by atoms with Crippen LogP contribution in [0.5, 0.6) is 5.75 Å². The number of aromatic hydroxyl groups is 1. The van der Waals surface area contributed by atoms with Gasteiger partial charge in [0.25, 0.3) is 10.0 Å². The van der Waals surface area contributed by atoms with Gasteiger partial charge in [0.1, 0.15) is 5.75 Å². The summed E-state index contributed by atoms with van der Waals surface area (Å²) in [6.07, 6.45) is 0.967. The maximum Gasteiger partial charge on any atom is 0.262 e. The highest BCUT2D eigenvalue weighted by Crippen LogP contribution is 2.29. The Hall–Kier alpha value is -2.01. The van der Waals surface area contributed by atoms with Crippen LogP contribution in [0.4, 0.5) is 5.69 Å². The number of hydrogen-bond donors (Lipinski definition) is 2. The van der Waals surface area contributed by atoms with Gasteiger partial charge in [0.2, 0.25) is 0 Å². The van der Waals surface area contributed by atoms with Crippen LogP contribution in [0.3, 0.4) is 0 Å². The monoisotopic (exact) mass is 319 g/mol. The van der Waals surface area contributed by atoms with Gasteiger partial charge in [-0.2, -0.15) is 0 Å². The van der Waals surface area contributed by atoms with E-state index in [2.05, 4.69) is 25.5 Å². The second kappa shape index (κ2) is 6.01. The Balaban J connectivity index is 2.29. The highest BCUT2D eigenvalue weighted by molar-refractivity contribution is 7.92. The van der Waals surface area contributed by atoms with Crippen molar-refractivity contribution in [2.24, 2.45) is 0 Å². The van der Waals surface area contributed by atoms with Crippen molar-refractivity contribution < 1.29 is 13.5 Å². The Bertz CT molecular complexity index is 750. The maximum absolute atomic E-state index is 12.4. The Morgan fingerprint density at radius 2 is 1.64 bits per heavy atom. The Morgan fingerprint density at radius 3 is 2.18 bits per heavy atom. The summed E-state index contributed by atoms with van der Waals surface area (Å²) in [4.78, 5) is 0.173. The fourth-order valence-corrected chi connectivity index (χ4v) is 3.13. The molecule has 2 N–H and O–H groups in total. The van der Waals surface area contributed by atoms with Crippen molar-refractivity contribution in [3.05, 3.63) is 54.1 Å². The zero-order valence-corrected chi connectivity index (χ0v) is 13.8. The van der Waals surface area contributed by atoms with Gasteiger partial charge >= 0.3 is 0 Å². The molecule has 0 aliphatic rings. The first-order chi connectivity index (χ1) is 10.3. The van der Waals surface area contributed by atoms with E-state index in [1.54, 1.807) is 24.3 Å². The summed E-state index contributed by atoms with van der Waals surface area (Å²) in [6.45, 7) is 6.35. The van der Waals surface area contributed by atoms with Crippen molar-refractivity contribution in [1.82, 2.24) is 0 Å². The lowest BCUT2D eigenvalue weighted by molar-refractivity contribution is 0.477. The topological polar surface area (TPSA) is 66.4 Å². The lowest BCUT2D eigenvalue weighted by Crippen LogP contribution is -2.17. The molecule has 0 spiro atoms. The van der Waals surface area contributed by atoms with Crippen molar-refractivity contribution in [3.8, 4) is 5.75 Å². The molecule has 2 aromatic carbocycles. The quantitative estimate of drug-likeness (QED) is 0.822. The zero-order valence-electron chi connectivity index (χ0n) is 13.0. The Morgan fingerprint density at radius 1 is 1.05 bits per heavy atom. The second-order valence-electron chi connectivity index (χ2n) is 5.88. The molecular formula is C17H21NO3S. The lowest BCUT2D eigenvalue weighted by atomic mass is 9.82. The van der Waals surface area contributed by atoms with E-state index in [0.29, 0.717) is 0 Å². The van der Waals surface area contributed by atoms with Crippen molar-refractivity contribution in [1.29, 1.82) is 0 Å². The molecule has 2 aromatic rings. The number of phenols is 1. The molecule has 0 fully saturated rings. The number of phenolic OH excluding ortho intramolecular Hbond substituents is 1. The Labute approximate surface area is 131 Å². The van der Waals surface area contributed by atoms with Gasteiger partial charge in [0.05, 0.1) is 10.6 Å². The third-order valence-electron chi connectivity index (χ3n) is 3.98. The average molecular weight is 319 g/mol. The van der Waals surface area contributed by atoms with Gasteiger partial charge < -0.3 is 5.11 Å². The molecule has 118 valence electrons. The fraction of sp³-hybridized carbons (Fsp3) is 0.294. The zero-order chi connectivity index (χ0) is 16.4. The normalized spacial score (nSPS) is 12.1.